The zero-order chi connectivity index (χ0) is 13.3. The van der Waals surface area contributed by atoms with Gasteiger partial charge in [-0.05, 0) is 17.4 Å². The molecule has 0 saturated carbocycles. The van der Waals surface area contributed by atoms with Crippen molar-refractivity contribution in [2.75, 3.05) is 7.05 Å². The Kier molecular flexibility index (Phi) is 4.75. The second-order valence-corrected chi connectivity index (χ2v) is 6.13. The van der Waals surface area contributed by atoms with E-state index >= 15 is 0 Å². The van der Waals surface area contributed by atoms with Crippen molar-refractivity contribution >= 4 is 5.91 Å². The maximum atomic E-state index is 12.2. The van der Waals surface area contributed by atoms with Crippen molar-refractivity contribution in [3.8, 4) is 0 Å². The molecular weight excluding hydrogens is 236 g/mol. The van der Waals surface area contributed by atoms with Crippen molar-refractivity contribution in [3.63, 3.8) is 0 Å². The van der Waals surface area contributed by atoms with E-state index in [9.17, 15) is 4.79 Å². The highest BCUT2D eigenvalue weighted by atomic mass is 16.2. The van der Waals surface area contributed by atoms with Crippen LogP contribution in [0, 0.1) is 5.41 Å². The summed E-state index contributed by atoms with van der Waals surface area (Å²) in [4.78, 5) is 14.1. The van der Waals surface area contributed by atoms with Crippen LogP contribution >= 0.6 is 0 Å². The lowest BCUT2D eigenvalue weighted by Crippen LogP contribution is -2.45. The third-order valence-corrected chi connectivity index (χ3v) is 3.50. The Morgan fingerprint density at radius 3 is 2.26 bits per heavy atom. The zero-order valence-corrected chi connectivity index (χ0v) is 11.6. The van der Waals surface area contributed by atoms with Crippen molar-refractivity contribution < 1.29 is 4.79 Å². The number of benzene rings is 1. The van der Waals surface area contributed by atoms with Gasteiger partial charge >= 0.3 is 0 Å². The molecule has 1 N–H and O–H groups in total. The lowest BCUT2D eigenvalue weighted by molar-refractivity contribution is -0.129. The van der Waals surface area contributed by atoms with Crippen molar-refractivity contribution in [1.82, 2.24) is 10.2 Å². The molecule has 3 heteroatoms. The van der Waals surface area contributed by atoms with Gasteiger partial charge in [-0.25, -0.2) is 0 Å². The Bertz CT molecular complexity index is 422. The molecule has 106 valence electrons. The second-order valence-electron chi connectivity index (χ2n) is 6.13. The van der Waals surface area contributed by atoms with E-state index in [0.29, 0.717) is 0 Å². The molecule has 1 fully saturated rings. The maximum absolute atomic E-state index is 12.2. The number of hydrogen-bond acceptors (Lipinski definition) is 2. The predicted molar refractivity (Wildman–Crippen MR) is 79.8 cm³/mol. The Balaban J connectivity index is 0.00000180. The molecule has 2 atom stereocenters. The zero-order valence-electron chi connectivity index (χ0n) is 11.6. The number of likely N-dealkylation sites (N-methyl/N-ethyl adjacent to an activating group) is 1. The highest BCUT2D eigenvalue weighted by Gasteiger charge is 2.41. The lowest BCUT2D eigenvalue weighted by Gasteiger charge is -2.32. The summed E-state index contributed by atoms with van der Waals surface area (Å²) in [5, 5.41) is 3.46. The van der Waals surface area contributed by atoms with Crippen LogP contribution in [0.3, 0.4) is 0 Å². The van der Waals surface area contributed by atoms with E-state index in [2.05, 4.69) is 38.2 Å². The standard InChI is InChI=1S/C15H22N2O.CH4/c1-15(2,3)14-16-12(13(18)17(14)4)10-11-8-6-5-7-9-11;/h5-9,12,14,16H,10H2,1-4H3;1H4/t12-,14-;/m0./s1. The average molecular weight is 262 g/mol. The Morgan fingerprint density at radius 2 is 1.79 bits per heavy atom. The predicted octanol–water partition coefficient (Wildman–Crippen LogP) is 2.67. The fourth-order valence-corrected chi connectivity index (χ4v) is 2.57. The summed E-state index contributed by atoms with van der Waals surface area (Å²) < 4.78 is 0. The SMILES string of the molecule is C.CN1C(=O)[C@H](Cc2ccccc2)N[C@@H]1C(C)(C)C. The van der Waals surface area contributed by atoms with Crippen LogP contribution in [0.25, 0.3) is 0 Å². The minimum Gasteiger partial charge on any atom is -0.328 e. The highest BCUT2D eigenvalue weighted by Crippen LogP contribution is 2.27. The van der Waals surface area contributed by atoms with Crippen molar-refractivity contribution in [3.05, 3.63) is 35.9 Å². The van der Waals surface area contributed by atoms with E-state index in [1.54, 1.807) is 0 Å². The number of hydrogen-bond donors (Lipinski definition) is 1. The first kappa shape index (κ1) is 15.7. The molecule has 3 nitrogen and oxygen atoms in total. The van der Waals surface area contributed by atoms with Crippen LogP contribution in [0.2, 0.25) is 0 Å². The summed E-state index contributed by atoms with van der Waals surface area (Å²) in [6, 6.07) is 10.1. The Morgan fingerprint density at radius 1 is 1.21 bits per heavy atom. The average Bonchev–Trinajstić information content (AvgIpc) is 2.58. The van der Waals surface area contributed by atoms with E-state index < -0.39 is 0 Å². The molecule has 1 aromatic carbocycles. The van der Waals surface area contributed by atoms with Crippen molar-refractivity contribution in [2.45, 2.75) is 46.8 Å². The number of amides is 1. The van der Waals surface area contributed by atoms with Crippen LogP contribution in [-0.2, 0) is 11.2 Å². The molecule has 0 unspecified atom stereocenters. The largest absolute Gasteiger partial charge is 0.328 e. The molecule has 1 aliphatic heterocycles. The molecule has 0 radical (unpaired) electrons. The van der Waals surface area contributed by atoms with Crippen LogP contribution < -0.4 is 5.32 Å². The van der Waals surface area contributed by atoms with Gasteiger partial charge in [0.2, 0.25) is 5.91 Å². The normalized spacial score (nSPS) is 23.4. The van der Waals surface area contributed by atoms with Crippen molar-refractivity contribution in [2.24, 2.45) is 5.41 Å². The summed E-state index contributed by atoms with van der Waals surface area (Å²) >= 11 is 0. The van der Waals surface area contributed by atoms with Crippen LogP contribution in [0.1, 0.15) is 33.8 Å². The van der Waals surface area contributed by atoms with Crippen LogP contribution in [0.5, 0.6) is 0 Å². The lowest BCUT2D eigenvalue weighted by atomic mass is 9.92. The fraction of sp³-hybridized carbons (Fsp3) is 0.562. The number of rotatable bonds is 2. The molecular formula is C16H26N2O. The number of carbonyl (C=O) groups excluding carboxylic acids is 1. The number of carbonyl (C=O) groups is 1. The molecule has 1 heterocycles. The number of nitrogens with zero attached hydrogens (tertiary/aromatic N) is 1. The van der Waals surface area contributed by atoms with Crippen LogP contribution in [0.4, 0.5) is 0 Å². The molecule has 1 aromatic rings. The molecule has 1 amide bonds. The molecule has 0 spiro atoms. The van der Waals surface area contributed by atoms with E-state index in [0.717, 1.165) is 6.42 Å². The highest BCUT2D eigenvalue weighted by molar-refractivity contribution is 5.84. The monoisotopic (exact) mass is 262 g/mol. The Labute approximate surface area is 117 Å². The van der Waals surface area contributed by atoms with Gasteiger partial charge in [-0.1, -0.05) is 58.5 Å². The first-order chi connectivity index (χ1) is 8.39. The molecule has 0 aromatic heterocycles. The van der Waals surface area contributed by atoms with Gasteiger partial charge < -0.3 is 4.90 Å². The molecule has 0 bridgehead atoms. The molecule has 1 saturated heterocycles. The summed E-state index contributed by atoms with van der Waals surface area (Å²) in [6.07, 6.45) is 0.870. The van der Waals surface area contributed by atoms with Gasteiger partial charge in [0.1, 0.15) is 0 Å². The van der Waals surface area contributed by atoms with Gasteiger partial charge in [-0.15, -0.1) is 0 Å². The quantitative estimate of drug-likeness (QED) is 0.888. The second kappa shape index (κ2) is 5.74. The number of nitrogens with one attached hydrogen (secondary N) is 1. The minimum atomic E-state index is -0.0957. The topological polar surface area (TPSA) is 32.3 Å². The van der Waals surface area contributed by atoms with Gasteiger partial charge in [0, 0.05) is 7.05 Å². The van der Waals surface area contributed by atoms with Crippen molar-refractivity contribution in [1.29, 1.82) is 0 Å². The van der Waals surface area contributed by atoms with E-state index in [-0.39, 0.29) is 31.0 Å². The van der Waals surface area contributed by atoms with E-state index in [4.69, 9.17) is 0 Å². The molecule has 19 heavy (non-hydrogen) atoms. The fourth-order valence-electron chi connectivity index (χ4n) is 2.57. The van der Waals surface area contributed by atoms with E-state index in [1.165, 1.54) is 5.56 Å². The summed E-state index contributed by atoms with van der Waals surface area (Å²) in [6.45, 7) is 6.46. The molecule has 0 aliphatic carbocycles. The van der Waals surface area contributed by atoms with E-state index in [1.807, 2.05) is 30.1 Å². The summed E-state index contributed by atoms with van der Waals surface area (Å²) in [5.74, 6) is 0.193. The maximum Gasteiger partial charge on any atom is 0.241 e. The first-order valence-electron chi connectivity index (χ1n) is 6.46. The minimum absolute atomic E-state index is 0. The van der Waals surface area contributed by atoms with Crippen LogP contribution in [0.15, 0.2) is 30.3 Å². The third kappa shape index (κ3) is 3.35. The first-order valence-corrected chi connectivity index (χ1v) is 6.46. The Hall–Kier alpha value is -1.35. The van der Waals surface area contributed by atoms with Gasteiger partial charge in [0.05, 0.1) is 12.2 Å². The van der Waals surface area contributed by atoms with Crippen LogP contribution in [-0.4, -0.2) is 30.1 Å². The smallest absolute Gasteiger partial charge is 0.241 e. The molecule has 1 aliphatic rings. The third-order valence-electron chi connectivity index (χ3n) is 3.50. The molecule has 2 rings (SSSR count). The van der Waals surface area contributed by atoms with Gasteiger partial charge in [-0.2, -0.15) is 0 Å². The summed E-state index contributed by atoms with van der Waals surface area (Å²) in [5.41, 5.74) is 1.25. The van der Waals surface area contributed by atoms with Gasteiger partial charge in [-0.3, -0.25) is 10.1 Å². The summed E-state index contributed by atoms with van der Waals surface area (Å²) in [7, 11) is 1.89. The van der Waals surface area contributed by atoms with Gasteiger partial charge in [0.15, 0.2) is 0 Å². The van der Waals surface area contributed by atoms with Gasteiger partial charge in [0.25, 0.3) is 0 Å².